The molecule has 0 spiro atoms. The molecule has 5 N–H and O–H groups in total. The predicted octanol–water partition coefficient (Wildman–Crippen LogP) is -0.0640. The van der Waals surface area contributed by atoms with Gasteiger partial charge in [0.25, 0.3) is 0 Å². The number of thiocarbonyl (C=S) groups is 1. The van der Waals surface area contributed by atoms with Gasteiger partial charge in [-0.1, -0.05) is 26.1 Å². The lowest BCUT2D eigenvalue weighted by Crippen LogP contribution is -2.25. The van der Waals surface area contributed by atoms with E-state index in [0.29, 0.717) is 11.4 Å². The lowest BCUT2D eigenvalue weighted by Gasteiger charge is -2.15. The molecule has 0 saturated carbocycles. The van der Waals surface area contributed by atoms with E-state index in [-0.39, 0.29) is 17.3 Å². The molecule has 1 aromatic rings. The van der Waals surface area contributed by atoms with Gasteiger partial charge >= 0.3 is 0 Å². The predicted molar refractivity (Wildman–Crippen MR) is 83.1 cm³/mol. The van der Waals surface area contributed by atoms with Crippen molar-refractivity contribution >= 4 is 33.0 Å². The molecule has 0 fully saturated rings. The number of aryl methyl sites for hydroxylation is 1. The molecular weight excluding hydrogens is 298 g/mol. The Bertz CT molecular complexity index is 601. The molecule has 0 bridgehead atoms. The van der Waals surface area contributed by atoms with E-state index < -0.39 is 10.0 Å². The van der Waals surface area contributed by atoms with E-state index in [2.05, 4.69) is 15.5 Å². The molecule has 0 aliphatic heterocycles. The van der Waals surface area contributed by atoms with Gasteiger partial charge in [-0.25, -0.2) is 13.6 Å². The standard InChI is InChI=1S/C11H19N5O2S2/c1-3-7-8(4-2)15-16-11(9(7)10(12)19)14-5-6-20(13,17)18/h3-6H2,1-2H3,(H2,12,19)(H,14,16)(H2,13,17,18). The number of nitrogens with two attached hydrogens (primary N) is 2. The first-order chi connectivity index (χ1) is 9.30. The highest BCUT2D eigenvalue weighted by molar-refractivity contribution is 7.89. The van der Waals surface area contributed by atoms with Crippen molar-refractivity contribution < 1.29 is 8.42 Å². The van der Waals surface area contributed by atoms with E-state index in [1.165, 1.54) is 0 Å². The smallest absolute Gasteiger partial charge is 0.210 e. The number of nitrogens with one attached hydrogen (secondary N) is 1. The fourth-order valence-corrected chi connectivity index (χ4v) is 2.48. The number of sulfonamides is 1. The summed E-state index contributed by atoms with van der Waals surface area (Å²) in [4.78, 5) is 0.213. The molecule has 0 unspecified atom stereocenters. The number of hydrogen-bond donors (Lipinski definition) is 3. The van der Waals surface area contributed by atoms with Crippen molar-refractivity contribution in [2.75, 3.05) is 17.6 Å². The van der Waals surface area contributed by atoms with Crippen molar-refractivity contribution in [2.24, 2.45) is 10.9 Å². The highest BCUT2D eigenvalue weighted by Gasteiger charge is 2.16. The fourth-order valence-electron chi connectivity index (χ4n) is 1.87. The van der Waals surface area contributed by atoms with Gasteiger partial charge in [-0.2, -0.15) is 5.10 Å². The summed E-state index contributed by atoms with van der Waals surface area (Å²) < 4.78 is 21.8. The summed E-state index contributed by atoms with van der Waals surface area (Å²) in [6.45, 7) is 4.07. The quantitative estimate of drug-likeness (QED) is 0.602. The Labute approximate surface area is 124 Å². The maximum atomic E-state index is 10.9. The molecule has 0 aliphatic rings. The van der Waals surface area contributed by atoms with Gasteiger partial charge in [-0.3, -0.25) is 0 Å². The summed E-state index contributed by atoms with van der Waals surface area (Å²) in [5.74, 6) is 0.192. The molecule has 0 aromatic carbocycles. The SMILES string of the molecule is CCc1nnc(NCCS(N)(=O)=O)c(C(N)=S)c1CC. The minimum absolute atomic E-state index is 0.123. The zero-order valence-corrected chi connectivity index (χ0v) is 13.1. The largest absolute Gasteiger partial charge is 0.389 e. The molecule has 0 radical (unpaired) electrons. The van der Waals surface area contributed by atoms with Crippen LogP contribution in [0, 0.1) is 0 Å². The third-order valence-electron chi connectivity index (χ3n) is 2.77. The number of aromatic nitrogens is 2. The molecule has 0 amide bonds. The minimum atomic E-state index is -3.53. The van der Waals surface area contributed by atoms with Gasteiger partial charge in [0.15, 0.2) is 5.82 Å². The number of nitrogens with zero attached hydrogens (tertiary/aromatic N) is 2. The zero-order chi connectivity index (χ0) is 15.3. The van der Waals surface area contributed by atoms with Gasteiger partial charge in [0.2, 0.25) is 10.0 Å². The van der Waals surface area contributed by atoms with Gasteiger partial charge < -0.3 is 11.1 Å². The van der Waals surface area contributed by atoms with Gasteiger partial charge in [-0.05, 0) is 18.4 Å². The lowest BCUT2D eigenvalue weighted by molar-refractivity contribution is 0.598. The molecule has 112 valence electrons. The average Bonchev–Trinajstić information content (AvgIpc) is 2.35. The second-order valence-electron chi connectivity index (χ2n) is 4.21. The van der Waals surface area contributed by atoms with Crippen LogP contribution in [0.25, 0.3) is 0 Å². The van der Waals surface area contributed by atoms with Crippen molar-refractivity contribution in [3.63, 3.8) is 0 Å². The van der Waals surface area contributed by atoms with Crippen LogP contribution in [0.5, 0.6) is 0 Å². The fraction of sp³-hybridized carbons (Fsp3) is 0.545. The van der Waals surface area contributed by atoms with Gasteiger partial charge in [0.05, 0.1) is 17.0 Å². The maximum Gasteiger partial charge on any atom is 0.210 e. The molecule has 0 saturated heterocycles. The van der Waals surface area contributed by atoms with Crippen LogP contribution in [0.4, 0.5) is 5.82 Å². The van der Waals surface area contributed by atoms with Gasteiger partial charge in [0, 0.05) is 6.54 Å². The minimum Gasteiger partial charge on any atom is -0.389 e. The summed E-state index contributed by atoms with van der Waals surface area (Å²) in [6, 6.07) is 0. The number of primary sulfonamides is 1. The van der Waals surface area contributed by atoms with Crippen LogP contribution < -0.4 is 16.2 Å². The second-order valence-corrected chi connectivity index (χ2v) is 6.39. The molecule has 1 aromatic heterocycles. The molecule has 0 aliphatic carbocycles. The number of anilines is 1. The Balaban J connectivity index is 3.10. The molecule has 9 heteroatoms. The first-order valence-electron chi connectivity index (χ1n) is 6.22. The number of rotatable bonds is 7. The third kappa shape index (κ3) is 4.36. The molecule has 1 rings (SSSR count). The Morgan fingerprint density at radius 3 is 2.40 bits per heavy atom. The van der Waals surface area contributed by atoms with Crippen molar-refractivity contribution in [3.05, 3.63) is 16.8 Å². The van der Waals surface area contributed by atoms with Crippen molar-refractivity contribution in [1.82, 2.24) is 10.2 Å². The van der Waals surface area contributed by atoms with E-state index in [9.17, 15) is 8.42 Å². The monoisotopic (exact) mass is 317 g/mol. The van der Waals surface area contributed by atoms with Crippen LogP contribution in [-0.4, -0.2) is 35.9 Å². The van der Waals surface area contributed by atoms with E-state index in [1.54, 1.807) is 0 Å². The molecule has 20 heavy (non-hydrogen) atoms. The zero-order valence-electron chi connectivity index (χ0n) is 11.5. The lowest BCUT2D eigenvalue weighted by atomic mass is 10.0. The molecule has 7 nitrogen and oxygen atoms in total. The van der Waals surface area contributed by atoms with Crippen LogP contribution in [0.2, 0.25) is 0 Å². The van der Waals surface area contributed by atoms with Gasteiger partial charge in [-0.15, -0.1) is 5.10 Å². The second kappa shape index (κ2) is 6.91. The summed E-state index contributed by atoms with van der Waals surface area (Å²) in [6.07, 6.45) is 1.44. The first-order valence-corrected chi connectivity index (χ1v) is 8.35. The highest BCUT2D eigenvalue weighted by Crippen LogP contribution is 2.20. The van der Waals surface area contributed by atoms with E-state index in [0.717, 1.165) is 24.1 Å². The maximum absolute atomic E-state index is 10.9. The van der Waals surface area contributed by atoms with E-state index in [1.807, 2.05) is 13.8 Å². The van der Waals surface area contributed by atoms with Crippen LogP contribution in [0.1, 0.15) is 30.7 Å². The summed E-state index contributed by atoms with van der Waals surface area (Å²) in [5, 5.41) is 16.0. The Kier molecular flexibility index (Phi) is 5.78. The molecule has 1 heterocycles. The molecule has 0 atom stereocenters. The van der Waals surface area contributed by atoms with Crippen molar-refractivity contribution in [2.45, 2.75) is 26.7 Å². The van der Waals surface area contributed by atoms with Crippen LogP contribution >= 0.6 is 12.2 Å². The van der Waals surface area contributed by atoms with Gasteiger partial charge in [0.1, 0.15) is 4.99 Å². The van der Waals surface area contributed by atoms with E-state index >= 15 is 0 Å². The highest BCUT2D eigenvalue weighted by atomic mass is 32.2. The Morgan fingerprint density at radius 1 is 1.30 bits per heavy atom. The third-order valence-corrected chi connectivity index (χ3v) is 3.75. The summed E-state index contributed by atoms with van der Waals surface area (Å²) in [7, 11) is -3.53. The Hall–Kier alpha value is -1.32. The van der Waals surface area contributed by atoms with Crippen molar-refractivity contribution in [3.8, 4) is 0 Å². The van der Waals surface area contributed by atoms with Crippen LogP contribution in [0.15, 0.2) is 0 Å². The average molecular weight is 317 g/mol. The summed E-state index contributed by atoms with van der Waals surface area (Å²) in [5.41, 5.74) is 8.16. The van der Waals surface area contributed by atoms with E-state index in [4.69, 9.17) is 23.1 Å². The van der Waals surface area contributed by atoms with Crippen molar-refractivity contribution in [1.29, 1.82) is 0 Å². The Morgan fingerprint density at radius 2 is 1.95 bits per heavy atom. The van der Waals surface area contributed by atoms with Crippen LogP contribution in [0.3, 0.4) is 0 Å². The number of hydrogen-bond acceptors (Lipinski definition) is 6. The summed E-state index contributed by atoms with van der Waals surface area (Å²) >= 11 is 5.06. The molecular formula is C11H19N5O2S2. The van der Waals surface area contributed by atoms with Crippen LogP contribution in [-0.2, 0) is 22.9 Å². The normalized spacial score (nSPS) is 11.3. The first kappa shape index (κ1) is 16.7. The topological polar surface area (TPSA) is 124 Å².